The first-order valence-corrected chi connectivity index (χ1v) is 7.81. The number of hydrogen-bond donors (Lipinski definition) is 1. The Hall–Kier alpha value is -3.30. The molecule has 4 aromatic rings. The zero-order chi connectivity index (χ0) is 17.6. The molecule has 0 radical (unpaired) electrons. The monoisotopic (exact) mass is 365 g/mol. The molecule has 1 N–H and O–H groups in total. The molecule has 130 valence electrons. The minimum atomic E-state index is -0.0751. The minimum absolute atomic E-state index is 0. The molecule has 2 aromatic heterocycles. The van der Waals surface area contributed by atoms with Crippen LogP contribution in [0.3, 0.4) is 0 Å². The van der Waals surface area contributed by atoms with E-state index in [2.05, 4.69) is 16.0 Å². The van der Waals surface area contributed by atoms with Crippen molar-refractivity contribution in [2.24, 2.45) is 14.1 Å². The van der Waals surface area contributed by atoms with Crippen LogP contribution in [0.15, 0.2) is 47.3 Å². The van der Waals surface area contributed by atoms with Crippen molar-refractivity contribution in [3.8, 4) is 6.07 Å². The van der Waals surface area contributed by atoms with Crippen LogP contribution in [0.1, 0.15) is 11.4 Å². The molecule has 0 atom stereocenters. The molecule has 0 aliphatic heterocycles. The van der Waals surface area contributed by atoms with Crippen LogP contribution in [-0.4, -0.2) is 19.1 Å². The van der Waals surface area contributed by atoms with Crippen LogP contribution in [0.25, 0.3) is 33.7 Å². The SMILES string of the molecule is Cl.Cn1c(=O)n(C)c2cc(C=C(C#N)c3nc4ccccc4[nH]3)ccc21. The number of H-pyrrole nitrogens is 1. The van der Waals surface area contributed by atoms with Crippen LogP contribution < -0.4 is 5.69 Å². The number of imidazole rings is 2. The van der Waals surface area contributed by atoms with E-state index in [1.807, 2.05) is 42.5 Å². The average molecular weight is 366 g/mol. The third-order valence-corrected chi connectivity index (χ3v) is 4.37. The average Bonchev–Trinajstić information content (AvgIpc) is 3.15. The maximum absolute atomic E-state index is 12.0. The van der Waals surface area contributed by atoms with Gasteiger partial charge in [-0.1, -0.05) is 18.2 Å². The van der Waals surface area contributed by atoms with E-state index in [9.17, 15) is 10.1 Å². The first-order valence-electron chi connectivity index (χ1n) is 7.81. The lowest BCUT2D eigenvalue weighted by atomic mass is 10.1. The van der Waals surface area contributed by atoms with Crippen LogP contribution in [0.2, 0.25) is 0 Å². The van der Waals surface area contributed by atoms with Crippen LogP contribution in [0.4, 0.5) is 0 Å². The quantitative estimate of drug-likeness (QED) is 0.554. The van der Waals surface area contributed by atoms with Crippen molar-refractivity contribution in [3.05, 3.63) is 64.3 Å². The molecule has 0 fully saturated rings. The predicted molar refractivity (Wildman–Crippen MR) is 105 cm³/mol. The van der Waals surface area contributed by atoms with Gasteiger partial charge in [0.15, 0.2) is 0 Å². The van der Waals surface area contributed by atoms with Crippen molar-refractivity contribution in [2.75, 3.05) is 0 Å². The van der Waals surface area contributed by atoms with Crippen molar-refractivity contribution in [2.45, 2.75) is 0 Å². The highest BCUT2D eigenvalue weighted by Crippen LogP contribution is 2.21. The number of aromatic amines is 1. The number of benzene rings is 2. The molecule has 0 aliphatic rings. The van der Waals surface area contributed by atoms with E-state index in [0.717, 1.165) is 27.6 Å². The van der Waals surface area contributed by atoms with E-state index in [0.29, 0.717) is 11.4 Å². The Balaban J connectivity index is 0.00000196. The van der Waals surface area contributed by atoms with Crippen molar-refractivity contribution in [1.29, 1.82) is 5.26 Å². The summed E-state index contributed by atoms with van der Waals surface area (Å²) >= 11 is 0. The second kappa shape index (κ2) is 6.54. The molecule has 7 heteroatoms. The molecule has 4 rings (SSSR count). The van der Waals surface area contributed by atoms with Gasteiger partial charge < -0.3 is 4.98 Å². The summed E-state index contributed by atoms with van der Waals surface area (Å²) in [6.45, 7) is 0. The number of nitrogens with one attached hydrogen (secondary N) is 1. The number of nitrogens with zero attached hydrogens (tertiary/aromatic N) is 4. The van der Waals surface area contributed by atoms with Crippen molar-refractivity contribution < 1.29 is 0 Å². The van der Waals surface area contributed by atoms with Gasteiger partial charge in [0.2, 0.25) is 0 Å². The van der Waals surface area contributed by atoms with Crippen molar-refractivity contribution in [1.82, 2.24) is 19.1 Å². The number of aromatic nitrogens is 4. The van der Waals surface area contributed by atoms with Crippen LogP contribution in [0, 0.1) is 11.3 Å². The summed E-state index contributed by atoms with van der Waals surface area (Å²) in [6.07, 6.45) is 1.77. The van der Waals surface area contributed by atoms with E-state index in [-0.39, 0.29) is 18.1 Å². The fraction of sp³-hybridized carbons (Fsp3) is 0.105. The molecular weight excluding hydrogens is 350 g/mol. The van der Waals surface area contributed by atoms with E-state index in [4.69, 9.17) is 0 Å². The fourth-order valence-corrected chi connectivity index (χ4v) is 3.01. The number of para-hydroxylation sites is 2. The minimum Gasteiger partial charge on any atom is -0.337 e. The largest absolute Gasteiger partial charge is 0.337 e. The summed E-state index contributed by atoms with van der Waals surface area (Å²) in [5.74, 6) is 0.533. The number of rotatable bonds is 2. The third kappa shape index (κ3) is 2.68. The van der Waals surface area contributed by atoms with Gasteiger partial charge >= 0.3 is 5.69 Å². The lowest BCUT2D eigenvalue weighted by Gasteiger charge is -1.99. The van der Waals surface area contributed by atoms with Gasteiger partial charge in [0.1, 0.15) is 11.9 Å². The number of halogens is 1. The van der Waals surface area contributed by atoms with Gasteiger partial charge in [0.05, 0.1) is 27.6 Å². The molecular formula is C19H16ClN5O. The highest BCUT2D eigenvalue weighted by Gasteiger charge is 2.10. The molecule has 0 saturated carbocycles. The fourth-order valence-electron chi connectivity index (χ4n) is 3.01. The van der Waals surface area contributed by atoms with Gasteiger partial charge in [-0.05, 0) is 35.9 Å². The number of nitriles is 1. The molecule has 0 bridgehead atoms. The van der Waals surface area contributed by atoms with E-state index in [1.54, 1.807) is 29.3 Å². The zero-order valence-corrected chi connectivity index (χ0v) is 15.0. The summed E-state index contributed by atoms with van der Waals surface area (Å²) < 4.78 is 3.20. The molecule has 0 unspecified atom stereocenters. The van der Waals surface area contributed by atoms with Crippen LogP contribution >= 0.6 is 12.4 Å². The molecule has 6 nitrogen and oxygen atoms in total. The Kier molecular flexibility index (Phi) is 4.41. The van der Waals surface area contributed by atoms with Gasteiger partial charge in [-0.2, -0.15) is 5.26 Å². The van der Waals surface area contributed by atoms with E-state index >= 15 is 0 Å². The summed E-state index contributed by atoms with van der Waals surface area (Å²) in [7, 11) is 3.48. The lowest BCUT2D eigenvalue weighted by molar-refractivity contribution is 0.795. The van der Waals surface area contributed by atoms with Crippen LogP contribution in [-0.2, 0) is 14.1 Å². The predicted octanol–water partition coefficient (Wildman–Crippen LogP) is 3.24. The second-order valence-electron chi connectivity index (χ2n) is 5.92. The molecule has 0 spiro atoms. The van der Waals surface area contributed by atoms with E-state index < -0.39 is 0 Å². The Morgan fingerprint density at radius 1 is 1.15 bits per heavy atom. The Morgan fingerprint density at radius 3 is 2.62 bits per heavy atom. The standard InChI is InChI=1S/C19H15N5O.ClH/c1-23-16-8-7-12(10-17(16)24(2)19(23)25)9-13(11-20)18-21-14-5-3-4-6-15(14)22-18;/h3-10H,1-2H3,(H,21,22);1H. The van der Waals surface area contributed by atoms with Gasteiger partial charge in [-0.25, -0.2) is 9.78 Å². The first kappa shape index (κ1) is 17.5. The Bertz CT molecular complexity index is 1220. The Labute approximate surface area is 155 Å². The third-order valence-electron chi connectivity index (χ3n) is 4.37. The number of allylic oxidation sites excluding steroid dienone is 1. The highest BCUT2D eigenvalue weighted by molar-refractivity contribution is 5.91. The molecule has 26 heavy (non-hydrogen) atoms. The van der Waals surface area contributed by atoms with Gasteiger partial charge in [0, 0.05) is 14.1 Å². The lowest BCUT2D eigenvalue weighted by Crippen LogP contribution is -2.19. The maximum atomic E-state index is 12.0. The number of hydrogen-bond acceptors (Lipinski definition) is 3. The van der Waals surface area contributed by atoms with Gasteiger partial charge in [0.25, 0.3) is 0 Å². The number of aryl methyl sites for hydroxylation is 2. The van der Waals surface area contributed by atoms with Crippen molar-refractivity contribution >= 4 is 46.1 Å². The summed E-state index contributed by atoms with van der Waals surface area (Å²) in [4.78, 5) is 19.7. The smallest absolute Gasteiger partial charge is 0.328 e. The summed E-state index contributed by atoms with van der Waals surface area (Å²) in [6, 6.07) is 15.5. The number of fused-ring (bicyclic) bond motifs is 2. The Morgan fingerprint density at radius 2 is 1.88 bits per heavy atom. The topological polar surface area (TPSA) is 79.4 Å². The second-order valence-corrected chi connectivity index (χ2v) is 5.92. The highest BCUT2D eigenvalue weighted by atomic mass is 35.5. The van der Waals surface area contributed by atoms with Crippen LogP contribution in [0.5, 0.6) is 0 Å². The summed E-state index contributed by atoms with van der Waals surface area (Å²) in [5, 5.41) is 9.54. The first-order chi connectivity index (χ1) is 12.1. The molecule has 2 heterocycles. The van der Waals surface area contributed by atoms with Gasteiger partial charge in [-0.3, -0.25) is 9.13 Å². The van der Waals surface area contributed by atoms with E-state index in [1.165, 1.54) is 0 Å². The summed E-state index contributed by atoms with van der Waals surface area (Å²) in [5.41, 5.74) is 4.59. The molecule has 0 amide bonds. The molecule has 0 aliphatic carbocycles. The van der Waals surface area contributed by atoms with Gasteiger partial charge in [-0.15, -0.1) is 12.4 Å². The zero-order valence-electron chi connectivity index (χ0n) is 14.2. The normalized spacial score (nSPS) is 11.5. The van der Waals surface area contributed by atoms with Crippen molar-refractivity contribution in [3.63, 3.8) is 0 Å². The maximum Gasteiger partial charge on any atom is 0.328 e. The molecule has 0 saturated heterocycles. The molecule has 2 aromatic carbocycles.